The average molecular weight is 288 g/mol. The smallest absolute Gasteiger partial charge is 0.0499 e. The molecule has 0 saturated carbocycles. The fourth-order valence-electron chi connectivity index (χ4n) is 3.65. The molecule has 1 fully saturated rings. The molecule has 1 N–H and O–H groups in total. The topological polar surface area (TPSA) is 15.3 Å². The zero-order valence-electron chi connectivity index (χ0n) is 14.4. The molecule has 2 rings (SSSR count). The molecular weight excluding hydrogens is 256 g/mol. The summed E-state index contributed by atoms with van der Waals surface area (Å²) in [6.07, 6.45) is 4.07. The number of likely N-dealkylation sites (tertiary alicyclic amines) is 1. The van der Waals surface area contributed by atoms with E-state index in [9.17, 15) is 0 Å². The lowest BCUT2D eigenvalue weighted by Gasteiger charge is -2.46. The Morgan fingerprint density at radius 2 is 1.48 bits per heavy atom. The molecule has 118 valence electrons. The molecule has 0 spiro atoms. The summed E-state index contributed by atoms with van der Waals surface area (Å²) in [5.74, 6) is 0.599. The molecule has 1 atom stereocenters. The highest BCUT2D eigenvalue weighted by Gasteiger charge is 2.35. The number of likely N-dealkylation sites (N-methyl/N-ethyl adjacent to an activating group) is 1. The van der Waals surface area contributed by atoms with Crippen LogP contribution in [-0.4, -0.2) is 30.6 Å². The van der Waals surface area contributed by atoms with Crippen LogP contribution in [0, 0.1) is 0 Å². The lowest BCUT2D eigenvalue weighted by Crippen LogP contribution is -2.53. The van der Waals surface area contributed by atoms with Crippen LogP contribution in [0.3, 0.4) is 0 Å². The maximum atomic E-state index is 3.56. The maximum absolute atomic E-state index is 3.56. The molecule has 0 aliphatic carbocycles. The SMILES string of the molecule is CNC(c1ccc(C(C)C)cc1)C(C)(C)N1CCCCC1. The Hall–Kier alpha value is -0.860. The van der Waals surface area contributed by atoms with E-state index in [1.807, 2.05) is 0 Å². The molecule has 2 nitrogen and oxygen atoms in total. The van der Waals surface area contributed by atoms with E-state index in [1.165, 1.54) is 43.5 Å². The van der Waals surface area contributed by atoms with E-state index in [2.05, 4.69) is 69.2 Å². The second kappa shape index (κ2) is 6.93. The van der Waals surface area contributed by atoms with Gasteiger partial charge in [0, 0.05) is 11.6 Å². The summed E-state index contributed by atoms with van der Waals surface area (Å²) in [5, 5.41) is 3.56. The first-order valence-electron chi connectivity index (χ1n) is 8.49. The van der Waals surface area contributed by atoms with E-state index in [-0.39, 0.29) is 5.54 Å². The Labute approximate surface area is 130 Å². The molecule has 1 aliphatic heterocycles. The molecule has 1 unspecified atom stereocenters. The Kier molecular flexibility index (Phi) is 5.45. The van der Waals surface area contributed by atoms with Crippen LogP contribution in [0.4, 0.5) is 0 Å². The lowest BCUT2D eigenvalue weighted by molar-refractivity contribution is 0.0633. The zero-order valence-corrected chi connectivity index (χ0v) is 14.4. The number of rotatable bonds is 5. The van der Waals surface area contributed by atoms with Crippen LogP contribution < -0.4 is 5.32 Å². The summed E-state index contributed by atoms with van der Waals surface area (Å²) in [4.78, 5) is 2.66. The van der Waals surface area contributed by atoms with Crippen molar-refractivity contribution in [3.05, 3.63) is 35.4 Å². The third kappa shape index (κ3) is 3.67. The number of benzene rings is 1. The third-order valence-corrected chi connectivity index (χ3v) is 5.10. The van der Waals surface area contributed by atoms with Gasteiger partial charge in [-0.1, -0.05) is 44.5 Å². The average Bonchev–Trinajstić information content (AvgIpc) is 2.49. The van der Waals surface area contributed by atoms with Gasteiger partial charge in [-0.2, -0.15) is 0 Å². The first kappa shape index (κ1) is 16.5. The first-order chi connectivity index (χ1) is 9.96. The minimum Gasteiger partial charge on any atom is -0.311 e. The van der Waals surface area contributed by atoms with Crippen molar-refractivity contribution in [2.24, 2.45) is 0 Å². The van der Waals surface area contributed by atoms with Crippen molar-refractivity contribution in [3.8, 4) is 0 Å². The number of hydrogen-bond donors (Lipinski definition) is 1. The molecule has 1 aromatic rings. The van der Waals surface area contributed by atoms with E-state index in [1.54, 1.807) is 0 Å². The summed E-state index contributed by atoms with van der Waals surface area (Å²) in [6, 6.07) is 9.56. The van der Waals surface area contributed by atoms with Crippen LogP contribution >= 0.6 is 0 Å². The van der Waals surface area contributed by atoms with Gasteiger partial charge in [-0.05, 0) is 63.9 Å². The fourth-order valence-corrected chi connectivity index (χ4v) is 3.65. The summed E-state index contributed by atoms with van der Waals surface area (Å²) < 4.78 is 0. The molecule has 1 saturated heterocycles. The highest BCUT2D eigenvalue weighted by atomic mass is 15.2. The molecule has 1 aromatic carbocycles. The molecule has 1 aliphatic rings. The van der Waals surface area contributed by atoms with Crippen molar-refractivity contribution < 1.29 is 0 Å². The molecule has 21 heavy (non-hydrogen) atoms. The van der Waals surface area contributed by atoms with Gasteiger partial charge in [0.25, 0.3) is 0 Å². The van der Waals surface area contributed by atoms with Crippen molar-refractivity contribution in [3.63, 3.8) is 0 Å². The highest BCUT2D eigenvalue weighted by Crippen LogP contribution is 2.33. The number of piperidine rings is 1. The summed E-state index contributed by atoms with van der Waals surface area (Å²) >= 11 is 0. The van der Waals surface area contributed by atoms with Crippen LogP contribution in [0.2, 0.25) is 0 Å². The van der Waals surface area contributed by atoms with E-state index in [0.29, 0.717) is 12.0 Å². The van der Waals surface area contributed by atoms with E-state index >= 15 is 0 Å². The van der Waals surface area contributed by atoms with Crippen molar-refractivity contribution in [1.82, 2.24) is 10.2 Å². The third-order valence-electron chi connectivity index (χ3n) is 5.10. The second-order valence-corrected chi connectivity index (χ2v) is 7.24. The van der Waals surface area contributed by atoms with E-state index in [4.69, 9.17) is 0 Å². The van der Waals surface area contributed by atoms with Gasteiger partial charge in [0.15, 0.2) is 0 Å². The van der Waals surface area contributed by atoms with Crippen LogP contribution in [0.15, 0.2) is 24.3 Å². The van der Waals surface area contributed by atoms with Crippen molar-refractivity contribution in [2.75, 3.05) is 20.1 Å². The van der Waals surface area contributed by atoms with Gasteiger partial charge < -0.3 is 5.32 Å². The quantitative estimate of drug-likeness (QED) is 0.867. The molecule has 1 heterocycles. The number of hydrogen-bond acceptors (Lipinski definition) is 2. The van der Waals surface area contributed by atoms with Crippen molar-refractivity contribution in [1.29, 1.82) is 0 Å². The Morgan fingerprint density at radius 3 is 1.95 bits per heavy atom. The van der Waals surface area contributed by atoms with Gasteiger partial charge in [0.1, 0.15) is 0 Å². The highest BCUT2D eigenvalue weighted by molar-refractivity contribution is 5.29. The van der Waals surface area contributed by atoms with Gasteiger partial charge in [-0.25, -0.2) is 0 Å². The van der Waals surface area contributed by atoms with Gasteiger partial charge >= 0.3 is 0 Å². The molecule has 2 heteroatoms. The number of nitrogens with zero attached hydrogens (tertiary/aromatic N) is 1. The normalized spacial score (nSPS) is 19.0. The van der Waals surface area contributed by atoms with Gasteiger partial charge in [0.2, 0.25) is 0 Å². The van der Waals surface area contributed by atoms with Crippen LogP contribution in [0.25, 0.3) is 0 Å². The Bertz CT molecular complexity index is 427. The molecule has 0 radical (unpaired) electrons. The van der Waals surface area contributed by atoms with Crippen LogP contribution in [-0.2, 0) is 0 Å². The van der Waals surface area contributed by atoms with Gasteiger partial charge in [-0.15, -0.1) is 0 Å². The Morgan fingerprint density at radius 1 is 0.952 bits per heavy atom. The predicted molar refractivity (Wildman–Crippen MR) is 91.8 cm³/mol. The lowest BCUT2D eigenvalue weighted by atomic mass is 9.85. The second-order valence-electron chi connectivity index (χ2n) is 7.24. The Balaban J connectivity index is 2.20. The maximum Gasteiger partial charge on any atom is 0.0499 e. The monoisotopic (exact) mass is 288 g/mol. The van der Waals surface area contributed by atoms with Crippen molar-refractivity contribution >= 4 is 0 Å². The molecule has 0 bridgehead atoms. The van der Waals surface area contributed by atoms with Crippen molar-refractivity contribution in [2.45, 2.75) is 64.5 Å². The first-order valence-corrected chi connectivity index (χ1v) is 8.49. The standard InChI is InChI=1S/C19H32N2/c1-15(2)16-9-11-17(12-10-16)18(20-5)19(3,4)21-13-7-6-8-14-21/h9-12,15,18,20H,6-8,13-14H2,1-5H3. The fraction of sp³-hybridized carbons (Fsp3) is 0.684. The minimum atomic E-state index is 0.147. The largest absolute Gasteiger partial charge is 0.311 e. The minimum absolute atomic E-state index is 0.147. The zero-order chi connectivity index (χ0) is 15.5. The number of nitrogens with one attached hydrogen (secondary N) is 1. The van der Waals surface area contributed by atoms with Gasteiger partial charge in [-0.3, -0.25) is 4.90 Å². The molecule has 0 amide bonds. The summed E-state index contributed by atoms with van der Waals surface area (Å²) in [7, 11) is 2.09. The van der Waals surface area contributed by atoms with Crippen LogP contribution in [0.1, 0.15) is 70.0 Å². The van der Waals surface area contributed by atoms with E-state index < -0.39 is 0 Å². The molecule has 0 aromatic heterocycles. The predicted octanol–water partition coefficient (Wildman–Crippen LogP) is 4.34. The van der Waals surface area contributed by atoms with Crippen LogP contribution in [0.5, 0.6) is 0 Å². The van der Waals surface area contributed by atoms with E-state index in [0.717, 1.165) is 0 Å². The summed E-state index contributed by atoms with van der Waals surface area (Å²) in [6.45, 7) is 11.7. The summed E-state index contributed by atoms with van der Waals surface area (Å²) in [5.41, 5.74) is 2.97. The van der Waals surface area contributed by atoms with Gasteiger partial charge in [0.05, 0.1) is 0 Å². The molecular formula is C19H32N2.